The van der Waals surface area contributed by atoms with Crippen LogP contribution in [0, 0.1) is 5.82 Å². The number of H-pyrrole nitrogens is 1. The van der Waals surface area contributed by atoms with E-state index in [1.165, 1.54) is 0 Å². The number of nitrogens with one attached hydrogen (secondary N) is 1. The van der Waals surface area contributed by atoms with Gasteiger partial charge in [0, 0.05) is 13.5 Å². The second-order valence-electron chi connectivity index (χ2n) is 3.82. The summed E-state index contributed by atoms with van der Waals surface area (Å²) in [6.07, 6.45) is 3.61. The molecule has 1 aromatic rings. The summed E-state index contributed by atoms with van der Waals surface area (Å²) in [6.45, 7) is 0. The van der Waals surface area contributed by atoms with Crippen LogP contribution in [-0.2, 0) is 11.2 Å². The Morgan fingerprint density at radius 1 is 1.64 bits per heavy atom. The highest BCUT2D eigenvalue weighted by atomic mass is 19.1. The van der Waals surface area contributed by atoms with Crippen LogP contribution in [0.15, 0.2) is 0 Å². The van der Waals surface area contributed by atoms with Crippen LogP contribution in [0.4, 0.5) is 10.2 Å². The van der Waals surface area contributed by atoms with Crippen LogP contribution in [0.25, 0.3) is 0 Å². The predicted octanol–water partition coefficient (Wildman–Crippen LogP) is 1.24. The highest BCUT2D eigenvalue weighted by Gasteiger charge is 2.38. The van der Waals surface area contributed by atoms with Gasteiger partial charge in [-0.2, -0.15) is 5.10 Å². The van der Waals surface area contributed by atoms with Gasteiger partial charge in [-0.05, 0) is 19.3 Å². The van der Waals surface area contributed by atoms with E-state index in [4.69, 9.17) is 10.5 Å². The van der Waals surface area contributed by atoms with E-state index >= 15 is 0 Å². The maximum absolute atomic E-state index is 13.3. The Labute approximate surface area is 81.6 Å². The molecule has 0 aromatic carbocycles. The largest absolute Gasteiger partial charge is 0.380 e. The Hall–Kier alpha value is -1.10. The molecule has 1 aliphatic carbocycles. The molecule has 1 fully saturated rings. The lowest BCUT2D eigenvalue weighted by Crippen LogP contribution is -2.41. The van der Waals surface area contributed by atoms with Crippen LogP contribution in [0.5, 0.6) is 0 Å². The Morgan fingerprint density at radius 3 is 2.71 bits per heavy atom. The predicted molar refractivity (Wildman–Crippen MR) is 50.3 cm³/mol. The lowest BCUT2D eigenvalue weighted by molar-refractivity contribution is -0.0719. The minimum Gasteiger partial charge on any atom is -0.380 e. The molecule has 0 saturated heterocycles. The first-order chi connectivity index (χ1) is 6.67. The number of rotatable bonds is 3. The molecule has 1 aliphatic rings. The van der Waals surface area contributed by atoms with Gasteiger partial charge in [0.05, 0.1) is 11.3 Å². The van der Waals surface area contributed by atoms with Gasteiger partial charge in [0.1, 0.15) is 0 Å². The number of nitrogens with zero attached hydrogens (tertiary/aromatic N) is 1. The van der Waals surface area contributed by atoms with E-state index in [2.05, 4.69) is 10.2 Å². The van der Waals surface area contributed by atoms with Gasteiger partial charge < -0.3 is 10.5 Å². The molecule has 0 spiro atoms. The summed E-state index contributed by atoms with van der Waals surface area (Å²) in [4.78, 5) is 0. The molecule has 14 heavy (non-hydrogen) atoms. The molecular formula is C9H14FN3O. The normalized spacial score (nSPS) is 19.3. The van der Waals surface area contributed by atoms with Gasteiger partial charge in [0.15, 0.2) is 11.6 Å². The lowest BCUT2D eigenvalue weighted by Gasteiger charge is -2.40. The van der Waals surface area contributed by atoms with Crippen molar-refractivity contribution in [1.29, 1.82) is 0 Å². The summed E-state index contributed by atoms with van der Waals surface area (Å²) < 4.78 is 18.7. The fourth-order valence-electron chi connectivity index (χ4n) is 1.84. The van der Waals surface area contributed by atoms with Gasteiger partial charge in [-0.25, -0.2) is 4.39 Å². The minimum atomic E-state index is -0.437. The number of hydrogen-bond donors (Lipinski definition) is 2. The zero-order chi connectivity index (χ0) is 10.2. The van der Waals surface area contributed by atoms with Gasteiger partial charge >= 0.3 is 0 Å². The summed E-state index contributed by atoms with van der Waals surface area (Å²) in [5.41, 5.74) is 5.56. The van der Waals surface area contributed by atoms with Crippen molar-refractivity contribution in [2.45, 2.75) is 31.3 Å². The topological polar surface area (TPSA) is 63.9 Å². The van der Waals surface area contributed by atoms with Crippen molar-refractivity contribution in [3.8, 4) is 0 Å². The number of methoxy groups -OCH3 is 1. The van der Waals surface area contributed by atoms with Crippen LogP contribution in [-0.4, -0.2) is 22.9 Å². The van der Waals surface area contributed by atoms with Crippen LogP contribution >= 0.6 is 0 Å². The molecule has 5 heteroatoms. The maximum Gasteiger partial charge on any atom is 0.187 e. The summed E-state index contributed by atoms with van der Waals surface area (Å²) in [5, 5.41) is 6.22. The monoisotopic (exact) mass is 199 g/mol. The van der Waals surface area contributed by atoms with Crippen LogP contribution < -0.4 is 5.73 Å². The highest BCUT2D eigenvalue weighted by molar-refractivity contribution is 5.32. The standard InChI is InChI=1S/C9H14FN3O/c1-14-9(3-2-4-9)5-6-7(10)8(11)13-12-6/h2-5H2,1H3,(H3,11,12,13). The average Bonchev–Trinajstić information content (AvgIpc) is 2.42. The Kier molecular flexibility index (Phi) is 2.19. The van der Waals surface area contributed by atoms with Gasteiger partial charge in [-0.15, -0.1) is 0 Å². The van der Waals surface area contributed by atoms with E-state index < -0.39 is 5.82 Å². The lowest BCUT2D eigenvalue weighted by atomic mass is 9.77. The highest BCUT2D eigenvalue weighted by Crippen LogP contribution is 2.38. The summed E-state index contributed by atoms with van der Waals surface area (Å²) in [7, 11) is 1.66. The first-order valence-corrected chi connectivity index (χ1v) is 4.70. The number of ether oxygens (including phenoxy) is 1. The molecule has 0 amide bonds. The van der Waals surface area contributed by atoms with Crippen LogP contribution in [0.3, 0.4) is 0 Å². The first kappa shape index (κ1) is 9.45. The van der Waals surface area contributed by atoms with Gasteiger partial charge in [-0.3, -0.25) is 5.10 Å². The molecular weight excluding hydrogens is 185 g/mol. The molecule has 0 radical (unpaired) electrons. The van der Waals surface area contributed by atoms with Crippen LogP contribution in [0.1, 0.15) is 25.0 Å². The third kappa shape index (κ3) is 1.37. The molecule has 0 bridgehead atoms. The number of aromatic amines is 1. The zero-order valence-electron chi connectivity index (χ0n) is 8.14. The molecule has 78 valence electrons. The van der Waals surface area contributed by atoms with Crippen molar-refractivity contribution in [3.63, 3.8) is 0 Å². The van der Waals surface area contributed by atoms with Gasteiger partial charge in [-0.1, -0.05) is 0 Å². The van der Waals surface area contributed by atoms with Gasteiger partial charge in [0.2, 0.25) is 0 Å². The Balaban J connectivity index is 2.13. The van der Waals surface area contributed by atoms with E-state index in [1.807, 2.05) is 0 Å². The molecule has 0 atom stereocenters. The molecule has 0 aliphatic heterocycles. The minimum absolute atomic E-state index is 0.0643. The third-order valence-electron chi connectivity index (χ3n) is 3.00. The van der Waals surface area contributed by atoms with E-state index in [0.29, 0.717) is 12.1 Å². The Morgan fingerprint density at radius 2 is 2.36 bits per heavy atom. The van der Waals surface area contributed by atoms with Crippen LogP contribution in [0.2, 0.25) is 0 Å². The fourth-order valence-corrected chi connectivity index (χ4v) is 1.84. The van der Waals surface area contributed by atoms with Crippen molar-refractivity contribution < 1.29 is 9.13 Å². The van der Waals surface area contributed by atoms with Crippen molar-refractivity contribution in [3.05, 3.63) is 11.5 Å². The smallest absolute Gasteiger partial charge is 0.187 e. The molecule has 4 nitrogen and oxygen atoms in total. The second-order valence-corrected chi connectivity index (χ2v) is 3.82. The second kappa shape index (κ2) is 3.24. The molecule has 1 heterocycles. The summed E-state index contributed by atoms with van der Waals surface area (Å²) in [5.74, 6) is -0.501. The SMILES string of the molecule is COC1(Cc2[nH]nc(N)c2F)CCC1. The number of halogens is 1. The number of nitrogen functional groups attached to an aromatic ring is 1. The van der Waals surface area contributed by atoms with Gasteiger partial charge in [0.25, 0.3) is 0 Å². The quantitative estimate of drug-likeness (QED) is 0.769. The number of nitrogens with two attached hydrogens (primary N) is 1. The summed E-state index contributed by atoms with van der Waals surface area (Å²) >= 11 is 0. The van der Waals surface area contributed by atoms with Crippen molar-refractivity contribution in [2.75, 3.05) is 12.8 Å². The number of hydrogen-bond acceptors (Lipinski definition) is 3. The molecule has 1 saturated carbocycles. The molecule has 1 aromatic heterocycles. The zero-order valence-corrected chi connectivity index (χ0v) is 8.14. The van der Waals surface area contributed by atoms with Crippen molar-refractivity contribution in [2.24, 2.45) is 0 Å². The molecule has 0 unspecified atom stereocenters. The van der Waals surface area contributed by atoms with E-state index in [1.54, 1.807) is 7.11 Å². The van der Waals surface area contributed by atoms with E-state index in [9.17, 15) is 4.39 Å². The number of anilines is 1. The third-order valence-corrected chi connectivity index (χ3v) is 3.00. The molecule has 3 N–H and O–H groups in total. The fraction of sp³-hybridized carbons (Fsp3) is 0.667. The summed E-state index contributed by atoms with van der Waals surface area (Å²) in [6, 6.07) is 0. The van der Waals surface area contributed by atoms with Crippen molar-refractivity contribution >= 4 is 5.82 Å². The first-order valence-electron chi connectivity index (χ1n) is 4.70. The Bertz CT molecular complexity index is 327. The van der Waals surface area contributed by atoms with E-state index in [0.717, 1.165) is 19.3 Å². The van der Waals surface area contributed by atoms with Crippen molar-refractivity contribution in [1.82, 2.24) is 10.2 Å². The number of aromatic nitrogens is 2. The molecule has 2 rings (SSSR count). The average molecular weight is 199 g/mol. The maximum atomic E-state index is 13.3. The van der Waals surface area contributed by atoms with E-state index in [-0.39, 0.29) is 11.4 Å².